The van der Waals surface area contributed by atoms with E-state index in [0.29, 0.717) is 23.9 Å². The van der Waals surface area contributed by atoms with Gasteiger partial charge in [0.05, 0.1) is 39.9 Å². The van der Waals surface area contributed by atoms with Crippen LogP contribution in [0, 0.1) is 0 Å². The van der Waals surface area contributed by atoms with Gasteiger partial charge in [-0.25, -0.2) is 4.57 Å². The van der Waals surface area contributed by atoms with Crippen LogP contribution in [0.25, 0.3) is 0 Å². The van der Waals surface area contributed by atoms with Crippen molar-refractivity contribution in [3.8, 4) is 0 Å². The first-order chi connectivity index (χ1) is 22.5. The zero-order valence-corrected chi connectivity index (χ0v) is 32.4. The third-order valence-corrected chi connectivity index (χ3v) is 9.75. The van der Waals surface area contributed by atoms with E-state index >= 15 is 0 Å². The molecule has 0 bridgehead atoms. The van der Waals surface area contributed by atoms with Crippen LogP contribution in [0.1, 0.15) is 174 Å². The molecule has 0 aliphatic carbocycles. The molecule has 0 saturated heterocycles. The highest BCUT2D eigenvalue weighted by Gasteiger charge is 2.28. The number of phosphoric ester groups is 1. The lowest BCUT2D eigenvalue weighted by atomic mass is 10.0. The molecule has 0 aromatic rings. The first-order valence-corrected chi connectivity index (χ1v) is 21.0. The van der Waals surface area contributed by atoms with Crippen LogP contribution in [0.15, 0.2) is 12.2 Å². The van der Waals surface area contributed by atoms with Gasteiger partial charge >= 0.3 is 7.82 Å². The number of nitrogens with zero attached hydrogens (tertiary/aromatic N) is 1. The quantitative estimate of drug-likeness (QED) is 0.0265. The summed E-state index contributed by atoms with van der Waals surface area (Å²) in [7, 11) is 1.61. The van der Waals surface area contributed by atoms with Crippen molar-refractivity contribution in [3.05, 3.63) is 12.2 Å². The molecule has 0 radical (unpaired) electrons. The van der Waals surface area contributed by atoms with Gasteiger partial charge in [-0.05, 0) is 38.5 Å². The standard InChI is InChI=1S/C38H77N2O6P/c1-6-8-10-12-14-16-18-19-20-22-24-26-28-30-32-38(42)39-36(35-46-47(43,44)45-34-33-40(3,4)5)37(41)31-29-27-25-23-21-17-15-13-11-9-7-2/h18-19,36-37,41H,6-17,20-35H2,1-5H3,(H-,39,42,43,44)/p+1/b19-18-. The average Bonchev–Trinajstić information content (AvgIpc) is 3.01. The number of phosphoric acid groups is 1. The first-order valence-electron chi connectivity index (χ1n) is 19.6. The second kappa shape index (κ2) is 31.2. The molecule has 47 heavy (non-hydrogen) atoms. The fraction of sp³-hybridized carbons (Fsp3) is 0.921. The Morgan fingerprint density at radius 1 is 0.702 bits per heavy atom. The molecule has 0 aromatic heterocycles. The Morgan fingerprint density at radius 3 is 1.64 bits per heavy atom. The number of allylic oxidation sites excluding steroid dienone is 2. The van der Waals surface area contributed by atoms with E-state index in [-0.39, 0.29) is 19.1 Å². The van der Waals surface area contributed by atoms with Crippen molar-refractivity contribution < 1.29 is 32.9 Å². The highest BCUT2D eigenvalue weighted by Crippen LogP contribution is 2.43. The van der Waals surface area contributed by atoms with Crippen molar-refractivity contribution in [1.82, 2.24) is 5.32 Å². The Bertz CT molecular complexity index is 789. The third kappa shape index (κ3) is 33.5. The van der Waals surface area contributed by atoms with Crippen molar-refractivity contribution >= 4 is 13.7 Å². The van der Waals surface area contributed by atoms with Crippen LogP contribution in [-0.4, -0.2) is 73.4 Å². The van der Waals surface area contributed by atoms with Crippen LogP contribution in [0.5, 0.6) is 0 Å². The molecule has 0 aliphatic rings. The summed E-state index contributed by atoms with van der Waals surface area (Å²) in [6, 6.07) is -0.758. The van der Waals surface area contributed by atoms with Crippen LogP contribution in [0.4, 0.5) is 0 Å². The second-order valence-corrected chi connectivity index (χ2v) is 16.1. The van der Waals surface area contributed by atoms with Gasteiger partial charge in [0.1, 0.15) is 13.2 Å². The number of aliphatic hydroxyl groups is 1. The van der Waals surface area contributed by atoms with Crippen LogP contribution in [0.2, 0.25) is 0 Å². The first kappa shape index (κ1) is 46.2. The highest BCUT2D eigenvalue weighted by molar-refractivity contribution is 7.47. The molecule has 0 fully saturated rings. The molecule has 0 rings (SSSR count). The molecule has 280 valence electrons. The molecule has 1 amide bonds. The Hall–Kier alpha value is -0.760. The van der Waals surface area contributed by atoms with Crippen LogP contribution in [-0.2, 0) is 18.4 Å². The summed E-state index contributed by atoms with van der Waals surface area (Å²) >= 11 is 0. The lowest BCUT2D eigenvalue weighted by Gasteiger charge is -2.26. The van der Waals surface area contributed by atoms with Crippen molar-refractivity contribution in [2.75, 3.05) is 40.9 Å². The lowest BCUT2D eigenvalue weighted by molar-refractivity contribution is -0.870. The normalized spacial score (nSPS) is 14.8. The number of nitrogens with one attached hydrogen (secondary N) is 1. The third-order valence-electron chi connectivity index (χ3n) is 8.76. The van der Waals surface area contributed by atoms with Crippen LogP contribution < -0.4 is 5.32 Å². The summed E-state index contributed by atoms with van der Waals surface area (Å²) in [6.07, 6.45) is 32.3. The summed E-state index contributed by atoms with van der Waals surface area (Å²) in [6.45, 7) is 4.85. The highest BCUT2D eigenvalue weighted by atomic mass is 31.2. The van der Waals surface area contributed by atoms with Crippen molar-refractivity contribution in [3.63, 3.8) is 0 Å². The second-order valence-electron chi connectivity index (χ2n) is 14.7. The fourth-order valence-corrected chi connectivity index (χ4v) is 6.30. The number of carbonyl (C=O) groups excluding carboxylic acids is 1. The van der Waals surface area contributed by atoms with Gasteiger partial charge in [-0.3, -0.25) is 13.8 Å². The van der Waals surface area contributed by atoms with Gasteiger partial charge in [-0.2, -0.15) is 0 Å². The monoisotopic (exact) mass is 690 g/mol. The number of amides is 1. The Morgan fingerprint density at radius 2 is 1.15 bits per heavy atom. The number of hydrogen-bond donors (Lipinski definition) is 3. The number of likely N-dealkylation sites (N-methyl/N-ethyl adjacent to an activating group) is 1. The minimum absolute atomic E-state index is 0.0744. The molecule has 0 saturated carbocycles. The predicted molar refractivity (Wildman–Crippen MR) is 198 cm³/mol. The molecule has 3 atom stereocenters. The number of unbranched alkanes of at least 4 members (excludes halogenated alkanes) is 20. The summed E-state index contributed by atoms with van der Waals surface area (Å²) in [5.74, 6) is -0.155. The number of hydrogen-bond acceptors (Lipinski definition) is 5. The molecule has 0 aliphatic heterocycles. The molecular weight excluding hydrogens is 611 g/mol. The van der Waals surface area contributed by atoms with E-state index < -0.39 is 20.0 Å². The molecule has 3 N–H and O–H groups in total. The summed E-state index contributed by atoms with van der Waals surface area (Å²) in [5.41, 5.74) is 0. The molecular formula is C38H78N2O6P+. The lowest BCUT2D eigenvalue weighted by Crippen LogP contribution is -2.46. The maximum atomic E-state index is 12.8. The van der Waals surface area contributed by atoms with E-state index in [1.807, 2.05) is 21.1 Å². The number of quaternary nitrogens is 1. The van der Waals surface area contributed by atoms with E-state index in [1.54, 1.807) is 0 Å². The minimum atomic E-state index is -4.30. The zero-order chi connectivity index (χ0) is 35.1. The fourth-order valence-electron chi connectivity index (χ4n) is 5.57. The van der Waals surface area contributed by atoms with E-state index in [2.05, 4.69) is 31.3 Å². The van der Waals surface area contributed by atoms with Crippen LogP contribution in [0.3, 0.4) is 0 Å². The Labute approximate surface area is 291 Å². The van der Waals surface area contributed by atoms with Gasteiger partial charge < -0.3 is 19.8 Å². The summed E-state index contributed by atoms with van der Waals surface area (Å²) in [5, 5.41) is 13.9. The molecule has 0 aromatic carbocycles. The molecule has 9 heteroatoms. The predicted octanol–water partition coefficient (Wildman–Crippen LogP) is 10.0. The van der Waals surface area contributed by atoms with E-state index in [9.17, 15) is 19.4 Å². The number of carbonyl (C=O) groups is 1. The van der Waals surface area contributed by atoms with E-state index in [1.165, 1.54) is 96.3 Å². The van der Waals surface area contributed by atoms with Gasteiger partial charge in [0, 0.05) is 6.42 Å². The van der Waals surface area contributed by atoms with Crippen molar-refractivity contribution in [2.24, 2.45) is 0 Å². The van der Waals surface area contributed by atoms with Gasteiger partial charge in [-0.1, -0.05) is 142 Å². The number of rotatable bonds is 35. The molecule has 0 heterocycles. The number of aliphatic hydroxyl groups excluding tert-OH is 1. The van der Waals surface area contributed by atoms with Crippen LogP contribution >= 0.6 is 7.82 Å². The van der Waals surface area contributed by atoms with Gasteiger partial charge in [0.25, 0.3) is 0 Å². The minimum Gasteiger partial charge on any atom is -0.391 e. The maximum absolute atomic E-state index is 12.8. The molecule has 3 unspecified atom stereocenters. The molecule has 8 nitrogen and oxygen atoms in total. The van der Waals surface area contributed by atoms with Gasteiger partial charge in [0.15, 0.2) is 0 Å². The average molecular weight is 690 g/mol. The van der Waals surface area contributed by atoms with Crippen molar-refractivity contribution in [2.45, 2.75) is 187 Å². The van der Waals surface area contributed by atoms with Gasteiger partial charge in [-0.15, -0.1) is 0 Å². The van der Waals surface area contributed by atoms with Crippen molar-refractivity contribution in [1.29, 1.82) is 0 Å². The largest absolute Gasteiger partial charge is 0.472 e. The SMILES string of the molecule is CCCCCCC/C=C\CCCCCCCC(=O)NC(COP(=O)(O)OCC[N+](C)(C)C)C(O)CCCCCCCCCCCCC. The van der Waals surface area contributed by atoms with Gasteiger partial charge in [0.2, 0.25) is 5.91 Å². The molecule has 0 spiro atoms. The smallest absolute Gasteiger partial charge is 0.391 e. The summed E-state index contributed by atoms with van der Waals surface area (Å²) in [4.78, 5) is 23.0. The topological polar surface area (TPSA) is 105 Å². The van der Waals surface area contributed by atoms with E-state index in [4.69, 9.17) is 9.05 Å². The van der Waals surface area contributed by atoms with E-state index in [0.717, 1.165) is 51.4 Å². The zero-order valence-electron chi connectivity index (χ0n) is 31.5. The Kier molecular flexibility index (Phi) is 30.7. The Balaban J connectivity index is 4.46. The summed E-state index contributed by atoms with van der Waals surface area (Å²) < 4.78 is 23.5. The maximum Gasteiger partial charge on any atom is 0.472 e.